The zero-order valence-corrected chi connectivity index (χ0v) is 9.67. The van der Waals surface area contributed by atoms with Crippen LogP contribution in [0, 0.1) is 5.82 Å². The summed E-state index contributed by atoms with van der Waals surface area (Å²) in [6.07, 6.45) is 3.21. The average Bonchev–Trinajstić information content (AvgIpc) is 2.27. The van der Waals surface area contributed by atoms with Crippen LogP contribution in [0.15, 0.2) is 18.2 Å². The molecule has 0 unspecified atom stereocenters. The van der Waals surface area contributed by atoms with Crippen molar-refractivity contribution >= 4 is 17.3 Å². The fourth-order valence-electron chi connectivity index (χ4n) is 2.05. The predicted octanol–water partition coefficient (Wildman–Crippen LogP) is 3.19. The summed E-state index contributed by atoms with van der Waals surface area (Å²) < 4.78 is 13.0. The quantitative estimate of drug-likeness (QED) is 0.836. The van der Waals surface area contributed by atoms with Gasteiger partial charge in [0.2, 0.25) is 0 Å². The van der Waals surface area contributed by atoms with Crippen LogP contribution >= 0.6 is 11.6 Å². The molecule has 0 bridgehead atoms. The SMILES string of the molecule is OC1CCC(Nc2cc(F)ccc2Cl)CC1. The van der Waals surface area contributed by atoms with E-state index < -0.39 is 0 Å². The zero-order valence-electron chi connectivity index (χ0n) is 8.92. The predicted molar refractivity (Wildman–Crippen MR) is 63.3 cm³/mol. The molecule has 0 atom stereocenters. The second-order valence-electron chi connectivity index (χ2n) is 4.27. The third kappa shape index (κ3) is 2.86. The van der Waals surface area contributed by atoms with Gasteiger partial charge in [-0.05, 0) is 43.9 Å². The molecule has 1 aromatic rings. The maximum absolute atomic E-state index is 13.0. The lowest BCUT2D eigenvalue weighted by Gasteiger charge is -2.27. The number of aliphatic hydroxyl groups is 1. The number of aliphatic hydroxyl groups excluding tert-OH is 1. The van der Waals surface area contributed by atoms with Crippen molar-refractivity contribution in [3.05, 3.63) is 29.0 Å². The second kappa shape index (κ2) is 5.02. The van der Waals surface area contributed by atoms with Crippen molar-refractivity contribution in [3.8, 4) is 0 Å². The maximum Gasteiger partial charge on any atom is 0.125 e. The Labute approximate surface area is 99.4 Å². The highest BCUT2D eigenvalue weighted by atomic mass is 35.5. The van der Waals surface area contributed by atoms with Crippen LogP contribution in [0.2, 0.25) is 5.02 Å². The molecule has 0 aliphatic heterocycles. The van der Waals surface area contributed by atoms with Gasteiger partial charge in [-0.15, -0.1) is 0 Å². The lowest BCUT2D eigenvalue weighted by molar-refractivity contribution is 0.126. The number of nitrogens with one attached hydrogen (secondary N) is 1. The lowest BCUT2D eigenvalue weighted by atomic mass is 9.93. The second-order valence-corrected chi connectivity index (χ2v) is 4.68. The van der Waals surface area contributed by atoms with Gasteiger partial charge in [-0.3, -0.25) is 0 Å². The highest BCUT2D eigenvalue weighted by Gasteiger charge is 2.19. The fraction of sp³-hybridized carbons (Fsp3) is 0.500. The van der Waals surface area contributed by atoms with E-state index in [1.165, 1.54) is 12.1 Å². The molecule has 2 N–H and O–H groups in total. The summed E-state index contributed by atoms with van der Waals surface area (Å²) in [7, 11) is 0. The van der Waals surface area contributed by atoms with Crippen LogP contribution in [-0.4, -0.2) is 17.3 Å². The third-order valence-electron chi connectivity index (χ3n) is 2.98. The molecule has 2 rings (SSSR count). The Bertz CT molecular complexity index is 364. The molecule has 1 fully saturated rings. The van der Waals surface area contributed by atoms with Gasteiger partial charge in [0.1, 0.15) is 5.82 Å². The first-order chi connectivity index (χ1) is 7.65. The van der Waals surface area contributed by atoms with Crippen LogP contribution in [0.25, 0.3) is 0 Å². The third-order valence-corrected chi connectivity index (χ3v) is 3.31. The Hall–Kier alpha value is -0.800. The molecule has 4 heteroatoms. The van der Waals surface area contributed by atoms with Crippen molar-refractivity contribution in [1.82, 2.24) is 0 Å². The Kier molecular flexibility index (Phi) is 3.66. The first-order valence-electron chi connectivity index (χ1n) is 5.55. The Balaban J connectivity index is 2.00. The maximum atomic E-state index is 13.0. The monoisotopic (exact) mass is 243 g/mol. The van der Waals surface area contributed by atoms with E-state index in [-0.39, 0.29) is 18.0 Å². The summed E-state index contributed by atoms with van der Waals surface area (Å²) in [6, 6.07) is 4.59. The zero-order chi connectivity index (χ0) is 11.5. The van der Waals surface area contributed by atoms with E-state index in [0.29, 0.717) is 10.7 Å². The highest BCUT2D eigenvalue weighted by Crippen LogP contribution is 2.27. The van der Waals surface area contributed by atoms with Gasteiger partial charge in [-0.1, -0.05) is 11.6 Å². The van der Waals surface area contributed by atoms with Crippen LogP contribution in [-0.2, 0) is 0 Å². The Morgan fingerprint density at radius 1 is 1.25 bits per heavy atom. The van der Waals surface area contributed by atoms with Gasteiger partial charge >= 0.3 is 0 Å². The van der Waals surface area contributed by atoms with E-state index in [1.54, 1.807) is 6.07 Å². The van der Waals surface area contributed by atoms with Gasteiger partial charge in [0.25, 0.3) is 0 Å². The van der Waals surface area contributed by atoms with Crippen molar-refractivity contribution in [3.63, 3.8) is 0 Å². The van der Waals surface area contributed by atoms with Gasteiger partial charge in [0.15, 0.2) is 0 Å². The summed E-state index contributed by atoms with van der Waals surface area (Å²) in [4.78, 5) is 0. The number of halogens is 2. The van der Waals surface area contributed by atoms with Crippen molar-refractivity contribution in [2.24, 2.45) is 0 Å². The molecule has 16 heavy (non-hydrogen) atoms. The van der Waals surface area contributed by atoms with E-state index in [9.17, 15) is 9.50 Å². The van der Waals surface area contributed by atoms with Crippen molar-refractivity contribution in [1.29, 1.82) is 0 Å². The van der Waals surface area contributed by atoms with Crippen molar-refractivity contribution < 1.29 is 9.50 Å². The first-order valence-corrected chi connectivity index (χ1v) is 5.92. The van der Waals surface area contributed by atoms with Crippen LogP contribution in [0.3, 0.4) is 0 Å². The minimum absolute atomic E-state index is 0.180. The Morgan fingerprint density at radius 2 is 1.94 bits per heavy atom. The standard InChI is InChI=1S/C12H15ClFNO/c13-11-6-1-8(14)7-12(11)15-9-2-4-10(16)5-3-9/h1,6-7,9-10,15-16H,2-5H2. The van der Waals surface area contributed by atoms with Gasteiger partial charge in [0.05, 0.1) is 16.8 Å². The number of anilines is 1. The molecular weight excluding hydrogens is 229 g/mol. The molecule has 0 spiro atoms. The molecule has 0 amide bonds. The first kappa shape index (κ1) is 11.7. The molecule has 0 aromatic heterocycles. The molecule has 2 nitrogen and oxygen atoms in total. The van der Waals surface area contributed by atoms with Crippen LogP contribution in [0.1, 0.15) is 25.7 Å². The van der Waals surface area contributed by atoms with Crippen molar-refractivity contribution in [2.75, 3.05) is 5.32 Å². The normalized spacial score (nSPS) is 25.4. The van der Waals surface area contributed by atoms with E-state index in [1.807, 2.05) is 0 Å². The summed E-state index contributed by atoms with van der Waals surface area (Å²) >= 11 is 5.97. The molecule has 0 saturated heterocycles. The van der Waals surface area contributed by atoms with Crippen LogP contribution < -0.4 is 5.32 Å². The molecule has 1 aliphatic rings. The van der Waals surface area contributed by atoms with Gasteiger partial charge in [-0.25, -0.2) is 4.39 Å². The number of hydrogen-bond acceptors (Lipinski definition) is 2. The minimum Gasteiger partial charge on any atom is -0.393 e. The topological polar surface area (TPSA) is 32.3 Å². The largest absolute Gasteiger partial charge is 0.393 e. The van der Waals surface area contributed by atoms with Crippen molar-refractivity contribution in [2.45, 2.75) is 37.8 Å². The minimum atomic E-state index is -0.289. The van der Waals surface area contributed by atoms with Gasteiger partial charge in [-0.2, -0.15) is 0 Å². The van der Waals surface area contributed by atoms with Gasteiger partial charge in [0, 0.05) is 6.04 Å². The summed E-state index contributed by atoms with van der Waals surface area (Å²) in [5, 5.41) is 13.1. The highest BCUT2D eigenvalue weighted by molar-refractivity contribution is 6.33. The molecule has 1 aromatic carbocycles. The average molecular weight is 244 g/mol. The fourth-order valence-corrected chi connectivity index (χ4v) is 2.22. The number of hydrogen-bond donors (Lipinski definition) is 2. The molecule has 0 heterocycles. The van der Waals surface area contributed by atoms with Crippen LogP contribution in [0.4, 0.5) is 10.1 Å². The molecular formula is C12H15ClFNO. The number of benzene rings is 1. The smallest absolute Gasteiger partial charge is 0.125 e. The van der Waals surface area contributed by atoms with E-state index in [0.717, 1.165) is 25.7 Å². The van der Waals surface area contributed by atoms with Crippen LogP contribution in [0.5, 0.6) is 0 Å². The van der Waals surface area contributed by atoms with E-state index in [2.05, 4.69) is 5.32 Å². The van der Waals surface area contributed by atoms with Gasteiger partial charge < -0.3 is 10.4 Å². The summed E-state index contributed by atoms with van der Waals surface area (Å²) in [5.41, 5.74) is 0.642. The number of rotatable bonds is 2. The molecule has 1 aliphatic carbocycles. The molecule has 1 saturated carbocycles. The van der Waals surface area contributed by atoms with E-state index >= 15 is 0 Å². The van der Waals surface area contributed by atoms with E-state index in [4.69, 9.17) is 11.6 Å². The molecule has 88 valence electrons. The lowest BCUT2D eigenvalue weighted by Crippen LogP contribution is -2.28. The summed E-state index contributed by atoms with van der Waals surface area (Å²) in [5.74, 6) is -0.289. The molecule has 0 radical (unpaired) electrons. The Morgan fingerprint density at radius 3 is 2.62 bits per heavy atom. The summed E-state index contributed by atoms with van der Waals surface area (Å²) in [6.45, 7) is 0.